The molecular weight excluding hydrogens is 753 g/mol. The number of amides is 1. The molecule has 0 aliphatic heterocycles. The number of pyridine rings is 1. The normalized spacial score (nSPS) is 12.5. The van der Waals surface area contributed by atoms with E-state index in [9.17, 15) is 46.2 Å². The first-order valence-corrected chi connectivity index (χ1v) is 17.0. The highest BCUT2D eigenvalue weighted by atomic mass is 35.5. The minimum Gasteiger partial charge on any atom is -0.480 e. The van der Waals surface area contributed by atoms with Crippen LogP contribution in [0.3, 0.4) is 0 Å². The van der Waals surface area contributed by atoms with Gasteiger partial charge >= 0.3 is 12.1 Å². The van der Waals surface area contributed by atoms with Gasteiger partial charge < -0.3 is 24.9 Å². The van der Waals surface area contributed by atoms with Crippen LogP contribution in [0.25, 0.3) is 22.2 Å². The molecule has 1 amide bonds. The topological polar surface area (TPSA) is 161 Å². The number of fused-ring (bicyclic) bond motifs is 1. The first kappa shape index (κ1) is 42.0. The third kappa shape index (κ3) is 9.16. The van der Waals surface area contributed by atoms with Crippen molar-refractivity contribution in [2.45, 2.75) is 65.7 Å². The lowest BCUT2D eigenvalue weighted by Gasteiger charge is -2.22. The number of nitrogens with one attached hydrogen (secondary N) is 2. The molecule has 0 bridgehead atoms. The zero-order valence-corrected chi connectivity index (χ0v) is 31.5. The van der Waals surface area contributed by atoms with Crippen LogP contribution in [0.15, 0.2) is 52.2 Å². The van der Waals surface area contributed by atoms with Crippen LogP contribution >= 0.6 is 11.6 Å². The lowest BCUT2D eigenvalue weighted by Crippen LogP contribution is -2.43. The number of aromatic nitrogens is 5. The molecule has 2 atom stereocenters. The third-order valence-electron chi connectivity index (χ3n) is 9.14. The molecule has 0 saturated heterocycles. The molecule has 5 rings (SSSR count). The Labute approximate surface area is 316 Å². The Hall–Kier alpha value is -5.71. The summed E-state index contributed by atoms with van der Waals surface area (Å²) < 4.78 is 71.8. The van der Waals surface area contributed by atoms with Crippen molar-refractivity contribution >= 4 is 40.1 Å². The van der Waals surface area contributed by atoms with E-state index in [-0.39, 0.29) is 28.4 Å². The van der Waals surface area contributed by atoms with Crippen molar-refractivity contribution in [2.75, 3.05) is 5.32 Å². The zero-order valence-electron chi connectivity index (χ0n) is 30.7. The SMILES string of the molecule is CC[C@@H](Nc1cc(F)c(C(=O)N[C@@H](Cc2ccc(-c3nc(C)c(C)n(C)c3=O)c3ncccc23)C(=O)O)c(F)c1)C(F)(F)F.Cc1nc(Cl)c(=O)n(C)c1C. The highest BCUT2D eigenvalue weighted by molar-refractivity contribution is 6.29. The van der Waals surface area contributed by atoms with Gasteiger partial charge in [0.1, 0.15) is 35.0 Å². The fraction of sp³-hybridized carbons (Fsp3) is 0.324. The zero-order chi connectivity index (χ0) is 41.1. The second-order valence-electron chi connectivity index (χ2n) is 12.6. The maximum atomic E-state index is 14.8. The molecule has 3 N–H and O–H groups in total. The number of rotatable bonds is 9. The number of aliphatic carboxylic acids is 1. The van der Waals surface area contributed by atoms with E-state index in [1.165, 1.54) is 22.3 Å². The van der Waals surface area contributed by atoms with Gasteiger partial charge in [0.15, 0.2) is 5.15 Å². The Kier molecular flexibility index (Phi) is 12.8. The van der Waals surface area contributed by atoms with Gasteiger partial charge in [-0.05, 0) is 57.9 Å². The molecule has 0 aliphatic rings. The van der Waals surface area contributed by atoms with E-state index in [0.717, 1.165) is 11.4 Å². The number of hydrogen-bond acceptors (Lipinski definition) is 8. The first-order chi connectivity index (χ1) is 25.7. The molecule has 55 heavy (non-hydrogen) atoms. The average Bonchev–Trinajstić information content (AvgIpc) is 3.12. The monoisotopic (exact) mass is 789 g/mol. The summed E-state index contributed by atoms with van der Waals surface area (Å²) in [5.41, 5.74) is 1.92. The summed E-state index contributed by atoms with van der Waals surface area (Å²) in [4.78, 5) is 61.8. The summed E-state index contributed by atoms with van der Waals surface area (Å²) in [6.45, 7) is 8.40. The van der Waals surface area contributed by atoms with Gasteiger partial charge in [0.2, 0.25) is 0 Å². The maximum absolute atomic E-state index is 14.8. The molecule has 292 valence electrons. The molecule has 2 aromatic carbocycles. The fourth-order valence-corrected chi connectivity index (χ4v) is 5.83. The molecule has 3 aromatic heterocycles. The van der Waals surface area contributed by atoms with E-state index in [1.54, 1.807) is 52.2 Å². The van der Waals surface area contributed by atoms with Crippen molar-refractivity contribution < 1.29 is 36.6 Å². The molecule has 0 radical (unpaired) electrons. The van der Waals surface area contributed by atoms with Gasteiger partial charge in [0.25, 0.3) is 17.0 Å². The van der Waals surface area contributed by atoms with Gasteiger partial charge in [-0.1, -0.05) is 36.7 Å². The summed E-state index contributed by atoms with van der Waals surface area (Å²) >= 11 is 5.55. The lowest BCUT2D eigenvalue weighted by molar-refractivity contribution is -0.143. The number of carbonyl (C=O) groups excluding carboxylic acids is 1. The Morgan fingerprint density at radius 2 is 1.51 bits per heavy atom. The highest BCUT2D eigenvalue weighted by Crippen LogP contribution is 2.30. The van der Waals surface area contributed by atoms with Crippen molar-refractivity contribution in [3.8, 4) is 11.3 Å². The van der Waals surface area contributed by atoms with Crippen molar-refractivity contribution in [2.24, 2.45) is 14.1 Å². The van der Waals surface area contributed by atoms with E-state index in [0.29, 0.717) is 45.6 Å². The largest absolute Gasteiger partial charge is 0.480 e. The summed E-state index contributed by atoms with van der Waals surface area (Å²) in [6.07, 6.45) is -3.96. The van der Waals surface area contributed by atoms with Crippen molar-refractivity contribution in [3.63, 3.8) is 0 Å². The van der Waals surface area contributed by atoms with Gasteiger partial charge in [0.05, 0.1) is 16.9 Å². The Morgan fingerprint density at radius 3 is 2.07 bits per heavy atom. The van der Waals surface area contributed by atoms with Gasteiger partial charge in [-0.3, -0.25) is 19.4 Å². The summed E-state index contributed by atoms with van der Waals surface area (Å²) in [5.74, 6) is -5.89. The van der Waals surface area contributed by atoms with Crippen LogP contribution < -0.4 is 21.8 Å². The quantitative estimate of drug-likeness (QED) is 0.150. The lowest BCUT2D eigenvalue weighted by atomic mass is 9.96. The Bertz CT molecular complexity index is 2390. The van der Waals surface area contributed by atoms with E-state index < -0.39 is 59.4 Å². The van der Waals surface area contributed by atoms with Crippen LogP contribution in [0.4, 0.5) is 27.6 Å². The van der Waals surface area contributed by atoms with Crippen molar-refractivity contribution in [3.05, 3.63) is 114 Å². The molecule has 3 heterocycles. The van der Waals surface area contributed by atoms with Crippen molar-refractivity contribution in [1.82, 2.24) is 29.4 Å². The molecule has 18 heteroatoms. The molecule has 0 spiro atoms. The molecule has 0 fully saturated rings. The second-order valence-corrected chi connectivity index (χ2v) is 13.0. The first-order valence-electron chi connectivity index (χ1n) is 16.6. The Balaban J connectivity index is 0.000000525. The minimum absolute atomic E-state index is 0.0376. The molecule has 5 aromatic rings. The van der Waals surface area contributed by atoms with Crippen LogP contribution in [-0.2, 0) is 25.3 Å². The smallest absolute Gasteiger partial charge is 0.408 e. The molecular formula is C37H37ClF5N7O5. The number of anilines is 1. The number of halogens is 6. The van der Waals surface area contributed by atoms with E-state index in [4.69, 9.17) is 11.6 Å². The van der Waals surface area contributed by atoms with Crippen LogP contribution in [0.2, 0.25) is 5.15 Å². The van der Waals surface area contributed by atoms with Crippen LogP contribution in [0.5, 0.6) is 0 Å². The molecule has 0 unspecified atom stereocenters. The van der Waals surface area contributed by atoms with E-state index >= 15 is 0 Å². The maximum Gasteiger partial charge on any atom is 0.408 e. The number of hydrogen-bond donors (Lipinski definition) is 3. The minimum atomic E-state index is -4.69. The number of nitrogens with zero attached hydrogens (tertiary/aromatic N) is 5. The van der Waals surface area contributed by atoms with Gasteiger partial charge in [-0.15, -0.1) is 0 Å². The number of carbonyl (C=O) groups is 2. The average molecular weight is 790 g/mol. The van der Waals surface area contributed by atoms with E-state index in [2.05, 4.69) is 20.3 Å². The summed E-state index contributed by atoms with van der Waals surface area (Å²) in [6, 6.07) is 3.65. The third-order valence-corrected chi connectivity index (χ3v) is 9.39. The Morgan fingerprint density at radius 1 is 0.927 bits per heavy atom. The second kappa shape index (κ2) is 16.8. The van der Waals surface area contributed by atoms with Gasteiger partial charge in [-0.2, -0.15) is 13.2 Å². The number of carboxylic acid groups (broad SMARTS) is 1. The van der Waals surface area contributed by atoms with Crippen molar-refractivity contribution in [1.29, 1.82) is 0 Å². The van der Waals surface area contributed by atoms with Gasteiger partial charge in [0, 0.05) is 54.7 Å². The number of carboxylic acids is 1. The number of alkyl halides is 3. The van der Waals surface area contributed by atoms with Gasteiger partial charge in [-0.25, -0.2) is 23.5 Å². The molecule has 0 aliphatic carbocycles. The van der Waals surface area contributed by atoms with Crippen LogP contribution in [0, 0.1) is 39.3 Å². The molecule has 0 saturated carbocycles. The standard InChI is InChI=1S/C30H28F5N5O4.C7H9ClN2O/c1-5-23(30(33,34)35)38-17-12-20(31)24(21(32)13-17)27(41)39-22(29(43)44)11-16-8-9-19(25-18(16)7-6-10-36-25)26-28(42)40(4)15(3)14(2)37-26;1-4-5(2)10(3)7(11)6(8)9-4/h6-10,12-13,22-23,38H,5,11H2,1-4H3,(H,39,41)(H,43,44);1-3H3/t22-,23+;/m0./s1. The van der Waals surface area contributed by atoms with Crippen LogP contribution in [-0.4, -0.2) is 59.3 Å². The molecule has 12 nitrogen and oxygen atoms in total. The predicted octanol–water partition coefficient (Wildman–Crippen LogP) is 6.12. The highest BCUT2D eigenvalue weighted by Gasteiger charge is 2.38. The predicted molar refractivity (Wildman–Crippen MR) is 196 cm³/mol. The van der Waals surface area contributed by atoms with E-state index in [1.807, 2.05) is 19.2 Å². The summed E-state index contributed by atoms with van der Waals surface area (Å²) in [7, 11) is 3.29. The fourth-order valence-electron chi connectivity index (χ4n) is 5.58. The summed E-state index contributed by atoms with van der Waals surface area (Å²) in [5, 5.41) is 14.4. The number of benzene rings is 2. The van der Waals surface area contributed by atoms with Crippen LogP contribution in [0.1, 0.15) is 52.0 Å². The number of aryl methyl sites for hydroxylation is 2.